The lowest BCUT2D eigenvalue weighted by molar-refractivity contribution is 0.390. The van der Waals surface area contributed by atoms with Crippen molar-refractivity contribution in [1.29, 1.82) is 0 Å². The van der Waals surface area contributed by atoms with Gasteiger partial charge in [-0.25, -0.2) is 0 Å². The standard InChI is InChI=1S/C15H21N3OS/c1-2-18-14(13-9-6-10-19-13)16-17-15(18)20-11-12-7-4-3-5-8-12/h6,9-10,12H,2-5,7-8,11H2,1H3. The van der Waals surface area contributed by atoms with Crippen molar-refractivity contribution < 1.29 is 4.42 Å². The van der Waals surface area contributed by atoms with Crippen molar-refractivity contribution in [3.8, 4) is 11.6 Å². The molecule has 4 nitrogen and oxygen atoms in total. The summed E-state index contributed by atoms with van der Waals surface area (Å²) >= 11 is 1.84. The van der Waals surface area contributed by atoms with Gasteiger partial charge in [0.05, 0.1) is 6.26 Å². The third-order valence-electron chi connectivity index (χ3n) is 3.95. The Balaban J connectivity index is 1.70. The second-order valence-electron chi connectivity index (χ2n) is 5.34. The summed E-state index contributed by atoms with van der Waals surface area (Å²) in [7, 11) is 0. The van der Waals surface area contributed by atoms with E-state index < -0.39 is 0 Å². The monoisotopic (exact) mass is 291 g/mol. The summed E-state index contributed by atoms with van der Waals surface area (Å²) in [5.74, 6) is 3.64. The number of hydrogen-bond acceptors (Lipinski definition) is 4. The van der Waals surface area contributed by atoms with E-state index in [0.717, 1.165) is 35.0 Å². The van der Waals surface area contributed by atoms with Crippen molar-refractivity contribution in [3.63, 3.8) is 0 Å². The molecule has 0 aliphatic heterocycles. The van der Waals surface area contributed by atoms with Crippen molar-refractivity contribution in [2.24, 2.45) is 5.92 Å². The molecule has 1 saturated carbocycles. The van der Waals surface area contributed by atoms with E-state index in [2.05, 4.69) is 21.7 Å². The zero-order valence-electron chi connectivity index (χ0n) is 11.9. The molecule has 1 aliphatic carbocycles. The van der Waals surface area contributed by atoms with Crippen molar-refractivity contribution >= 4 is 11.8 Å². The molecule has 108 valence electrons. The predicted octanol–water partition coefficient (Wildman–Crippen LogP) is 4.23. The topological polar surface area (TPSA) is 43.9 Å². The van der Waals surface area contributed by atoms with Crippen LogP contribution < -0.4 is 0 Å². The Hall–Kier alpha value is -1.23. The fraction of sp³-hybridized carbons (Fsp3) is 0.600. The third-order valence-corrected chi connectivity index (χ3v) is 5.15. The van der Waals surface area contributed by atoms with Gasteiger partial charge in [0, 0.05) is 12.3 Å². The lowest BCUT2D eigenvalue weighted by atomic mass is 9.91. The average Bonchev–Trinajstić information content (AvgIpc) is 3.14. The quantitative estimate of drug-likeness (QED) is 0.773. The molecule has 0 bridgehead atoms. The number of furan rings is 1. The molecule has 2 aromatic heterocycles. The molecule has 0 aromatic carbocycles. The fourth-order valence-corrected chi connectivity index (χ4v) is 4.00. The molecule has 5 heteroatoms. The summed E-state index contributed by atoms with van der Waals surface area (Å²) in [6.45, 7) is 3.00. The average molecular weight is 291 g/mol. The third kappa shape index (κ3) is 2.92. The minimum absolute atomic E-state index is 0.795. The van der Waals surface area contributed by atoms with Gasteiger partial charge in [-0.15, -0.1) is 10.2 Å². The van der Waals surface area contributed by atoms with E-state index in [-0.39, 0.29) is 0 Å². The van der Waals surface area contributed by atoms with Gasteiger partial charge in [0.1, 0.15) is 0 Å². The highest BCUT2D eigenvalue weighted by Crippen LogP contribution is 2.30. The van der Waals surface area contributed by atoms with Crippen LogP contribution in [0.15, 0.2) is 28.0 Å². The van der Waals surface area contributed by atoms with E-state index >= 15 is 0 Å². The van der Waals surface area contributed by atoms with Crippen molar-refractivity contribution in [2.45, 2.75) is 50.7 Å². The van der Waals surface area contributed by atoms with Gasteiger partial charge < -0.3 is 4.42 Å². The van der Waals surface area contributed by atoms with Crippen LogP contribution in [0.1, 0.15) is 39.0 Å². The molecular formula is C15H21N3OS. The van der Waals surface area contributed by atoms with Crippen molar-refractivity contribution in [3.05, 3.63) is 18.4 Å². The molecule has 2 heterocycles. The fourth-order valence-electron chi connectivity index (χ4n) is 2.81. The smallest absolute Gasteiger partial charge is 0.200 e. The van der Waals surface area contributed by atoms with Gasteiger partial charge in [0.25, 0.3) is 0 Å². The van der Waals surface area contributed by atoms with Crippen LogP contribution in [0.2, 0.25) is 0 Å². The lowest BCUT2D eigenvalue weighted by Gasteiger charge is -2.20. The molecule has 2 aromatic rings. The van der Waals surface area contributed by atoms with E-state index in [1.54, 1.807) is 6.26 Å². The normalized spacial score (nSPS) is 16.6. The van der Waals surface area contributed by atoms with Gasteiger partial charge in [-0.1, -0.05) is 31.0 Å². The minimum Gasteiger partial charge on any atom is -0.461 e. The first-order chi connectivity index (χ1) is 9.88. The molecular weight excluding hydrogens is 270 g/mol. The minimum atomic E-state index is 0.795. The molecule has 0 saturated heterocycles. The van der Waals surface area contributed by atoms with Crippen LogP contribution in [0, 0.1) is 5.92 Å². The molecule has 0 unspecified atom stereocenters. The van der Waals surface area contributed by atoms with Crippen molar-refractivity contribution in [1.82, 2.24) is 14.8 Å². The maximum atomic E-state index is 5.44. The highest BCUT2D eigenvalue weighted by Gasteiger charge is 2.18. The summed E-state index contributed by atoms with van der Waals surface area (Å²) in [5.41, 5.74) is 0. The summed E-state index contributed by atoms with van der Waals surface area (Å²) < 4.78 is 7.58. The Labute approximate surface area is 124 Å². The number of thioether (sulfide) groups is 1. The second kappa shape index (κ2) is 6.48. The number of aromatic nitrogens is 3. The van der Waals surface area contributed by atoms with Crippen LogP contribution >= 0.6 is 11.8 Å². The summed E-state index contributed by atoms with van der Waals surface area (Å²) in [4.78, 5) is 0. The SMILES string of the molecule is CCn1c(SCC2CCCCC2)nnc1-c1ccco1. The Kier molecular flexibility index (Phi) is 4.45. The van der Waals surface area contributed by atoms with Crippen LogP contribution in [0.25, 0.3) is 11.6 Å². The molecule has 0 spiro atoms. The molecule has 0 atom stereocenters. The zero-order chi connectivity index (χ0) is 13.8. The maximum Gasteiger partial charge on any atom is 0.200 e. The van der Waals surface area contributed by atoms with Crippen LogP contribution in [0.3, 0.4) is 0 Å². The van der Waals surface area contributed by atoms with Crippen molar-refractivity contribution in [2.75, 3.05) is 5.75 Å². The summed E-state index contributed by atoms with van der Waals surface area (Å²) in [5, 5.41) is 9.65. The van der Waals surface area contributed by atoms with Crippen LogP contribution in [-0.4, -0.2) is 20.5 Å². The van der Waals surface area contributed by atoms with Gasteiger partial charge in [-0.05, 0) is 37.8 Å². The molecule has 0 radical (unpaired) electrons. The first-order valence-corrected chi connectivity index (χ1v) is 8.47. The Morgan fingerprint density at radius 3 is 2.85 bits per heavy atom. The van der Waals surface area contributed by atoms with E-state index in [0.29, 0.717) is 0 Å². The van der Waals surface area contributed by atoms with Crippen LogP contribution in [-0.2, 0) is 6.54 Å². The van der Waals surface area contributed by atoms with Gasteiger partial charge in [-0.3, -0.25) is 4.57 Å². The maximum absolute atomic E-state index is 5.44. The molecule has 1 fully saturated rings. The number of hydrogen-bond donors (Lipinski definition) is 0. The molecule has 0 amide bonds. The highest BCUT2D eigenvalue weighted by molar-refractivity contribution is 7.99. The summed E-state index contributed by atoms with van der Waals surface area (Å²) in [6.07, 6.45) is 8.62. The summed E-state index contributed by atoms with van der Waals surface area (Å²) in [6, 6.07) is 3.82. The van der Waals surface area contributed by atoms with E-state index in [4.69, 9.17) is 4.42 Å². The molecule has 20 heavy (non-hydrogen) atoms. The molecule has 0 N–H and O–H groups in total. The van der Waals surface area contributed by atoms with Crippen LogP contribution in [0.4, 0.5) is 0 Å². The number of nitrogens with zero attached hydrogens (tertiary/aromatic N) is 3. The van der Waals surface area contributed by atoms with Gasteiger partial charge in [0.15, 0.2) is 16.7 Å². The Morgan fingerprint density at radius 2 is 2.15 bits per heavy atom. The Bertz CT molecular complexity index is 529. The Morgan fingerprint density at radius 1 is 1.30 bits per heavy atom. The molecule has 3 rings (SSSR count). The van der Waals surface area contributed by atoms with E-state index in [1.165, 1.54) is 32.1 Å². The van der Waals surface area contributed by atoms with Gasteiger partial charge in [-0.2, -0.15) is 0 Å². The highest BCUT2D eigenvalue weighted by atomic mass is 32.2. The lowest BCUT2D eigenvalue weighted by Crippen LogP contribution is -2.09. The first kappa shape index (κ1) is 13.7. The van der Waals surface area contributed by atoms with Gasteiger partial charge >= 0.3 is 0 Å². The van der Waals surface area contributed by atoms with E-state index in [1.807, 2.05) is 23.9 Å². The second-order valence-corrected chi connectivity index (χ2v) is 6.33. The van der Waals surface area contributed by atoms with Gasteiger partial charge in [0.2, 0.25) is 0 Å². The van der Waals surface area contributed by atoms with E-state index in [9.17, 15) is 0 Å². The zero-order valence-corrected chi connectivity index (χ0v) is 12.7. The first-order valence-electron chi connectivity index (χ1n) is 7.48. The molecule has 1 aliphatic rings. The van der Waals surface area contributed by atoms with Crippen LogP contribution in [0.5, 0.6) is 0 Å². The largest absolute Gasteiger partial charge is 0.461 e. The predicted molar refractivity (Wildman–Crippen MR) is 80.7 cm³/mol. The number of rotatable bonds is 5.